The molecule has 1 aliphatic rings. The van der Waals surface area contributed by atoms with Gasteiger partial charge < -0.3 is 0 Å². The normalized spacial score (nSPS) is 15.8. The fourth-order valence-electron chi connectivity index (χ4n) is 1.29. The Labute approximate surface area is 71.7 Å². The van der Waals surface area contributed by atoms with E-state index >= 15 is 0 Å². The van der Waals surface area contributed by atoms with Gasteiger partial charge in [0, 0.05) is 25.0 Å². The molecule has 0 N–H and O–H groups in total. The van der Waals surface area contributed by atoms with Gasteiger partial charge in [0.25, 0.3) is 0 Å². The first-order valence-electron chi connectivity index (χ1n) is 4.04. The Bertz CT molecular complexity index is 312. The zero-order chi connectivity index (χ0) is 8.23. The fourth-order valence-corrected chi connectivity index (χ4v) is 1.29. The van der Waals surface area contributed by atoms with E-state index in [-0.39, 0.29) is 0 Å². The van der Waals surface area contributed by atoms with E-state index in [0.717, 1.165) is 13.0 Å². The van der Waals surface area contributed by atoms with Crippen molar-refractivity contribution in [2.24, 2.45) is 4.99 Å². The van der Waals surface area contributed by atoms with Crippen molar-refractivity contribution >= 4 is 11.8 Å². The predicted octanol–water partition coefficient (Wildman–Crippen LogP) is 1.94. The number of aliphatic imine (C=N–C) groups is 1. The molecule has 1 aromatic heterocycles. The standard InChI is InChI=1S/C10H10N2/c1-5-11-6-2-9(1)10-3-7-12-8-4-10/h1-3,5-6,8H,4,7H2. The maximum atomic E-state index is 4.14. The summed E-state index contributed by atoms with van der Waals surface area (Å²) in [7, 11) is 0. The molecule has 12 heavy (non-hydrogen) atoms. The summed E-state index contributed by atoms with van der Waals surface area (Å²) in [5.41, 5.74) is 2.61. The van der Waals surface area contributed by atoms with Crippen molar-refractivity contribution in [1.29, 1.82) is 0 Å². The van der Waals surface area contributed by atoms with Crippen molar-refractivity contribution in [2.75, 3.05) is 6.54 Å². The summed E-state index contributed by atoms with van der Waals surface area (Å²) in [5, 5.41) is 0. The van der Waals surface area contributed by atoms with Gasteiger partial charge in [-0.05, 0) is 23.3 Å². The Kier molecular flexibility index (Phi) is 1.99. The number of allylic oxidation sites excluding steroid dienone is 1. The Hall–Kier alpha value is -1.44. The van der Waals surface area contributed by atoms with Crippen LogP contribution in [-0.2, 0) is 0 Å². The number of nitrogens with zero attached hydrogens (tertiary/aromatic N) is 2. The summed E-state index contributed by atoms with van der Waals surface area (Å²) in [6, 6.07) is 4.07. The maximum absolute atomic E-state index is 4.14. The van der Waals surface area contributed by atoms with Crippen LogP contribution in [0, 0.1) is 0 Å². The van der Waals surface area contributed by atoms with E-state index < -0.39 is 0 Å². The molecule has 0 aromatic carbocycles. The quantitative estimate of drug-likeness (QED) is 0.613. The second-order valence-corrected chi connectivity index (χ2v) is 2.72. The van der Waals surface area contributed by atoms with Gasteiger partial charge in [-0.2, -0.15) is 0 Å². The van der Waals surface area contributed by atoms with Gasteiger partial charge in [0.15, 0.2) is 0 Å². The van der Waals surface area contributed by atoms with Crippen molar-refractivity contribution < 1.29 is 0 Å². The Morgan fingerprint density at radius 1 is 1.17 bits per heavy atom. The molecule has 2 heterocycles. The molecule has 2 nitrogen and oxygen atoms in total. The number of aromatic nitrogens is 1. The molecule has 0 fully saturated rings. The van der Waals surface area contributed by atoms with Crippen molar-refractivity contribution in [3.8, 4) is 0 Å². The summed E-state index contributed by atoms with van der Waals surface area (Å²) in [6.45, 7) is 0.817. The van der Waals surface area contributed by atoms with Gasteiger partial charge in [-0.1, -0.05) is 6.08 Å². The van der Waals surface area contributed by atoms with Gasteiger partial charge in [-0.15, -0.1) is 0 Å². The summed E-state index contributed by atoms with van der Waals surface area (Å²) < 4.78 is 0. The highest BCUT2D eigenvalue weighted by Crippen LogP contribution is 2.17. The van der Waals surface area contributed by atoms with E-state index in [2.05, 4.69) is 16.1 Å². The molecule has 0 saturated heterocycles. The van der Waals surface area contributed by atoms with E-state index in [1.807, 2.05) is 30.7 Å². The van der Waals surface area contributed by atoms with Crippen molar-refractivity contribution in [3.63, 3.8) is 0 Å². The summed E-state index contributed by atoms with van der Waals surface area (Å²) in [6.07, 6.45) is 8.72. The summed E-state index contributed by atoms with van der Waals surface area (Å²) in [4.78, 5) is 8.12. The molecule has 0 bridgehead atoms. The van der Waals surface area contributed by atoms with Gasteiger partial charge in [-0.25, -0.2) is 0 Å². The lowest BCUT2D eigenvalue weighted by Crippen LogP contribution is -1.93. The monoisotopic (exact) mass is 158 g/mol. The first-order chi connectivity index (χ1) is 5.97. The van der Waals surface area contributed by atoms with Crippen LogP contribution in [-0.4, -0.2) is 17.7 Å². The van der Waals surface area contributed by atoms with Crippen LogP contribution in [0.5, 0.6) is 0 Å². The molecule has 2 rings (SSSR count). The summed E-state index contributed by atoms with van der Waals surface area (Å²) in [5.74, 6) is 0. The average Bonchev–Trinajstić information content (AvgIpc) is 2.21. The highest BCUT2D eigenvalue weighted by atomic mass is 14.7. The first-order valence-corrected chi connectivity index (χ1v) is 4.04. The van der Waals surface area contributed by atoms with Crippen molar-refractivity contribution in [1.82, 2.24) is 4.98 Å². The van der Waals surface area contributed by atoms with Crippen LogP contribution in [0.2, 0.25) is 0 Å². The molecular weight excluding hydrogens is 148 g/mol. The third-order valence-electron chi connectivity index (χ3n) is 1.93. The number of pyridine rings is 1. The Morgan fingerprint density at radius 3 is 2.67 bits per heavy atom. The summed E-state index contributed by atoms with van der Waals surface area (Å²) >= 11 is 0. The largest absolute Gasteiger partial charge is 0.293 e. The van der Waals surface area contributed by atoms with Crippen molar-refractivity contribution in [2.45, 2.75) is 6.42 Å². The van der Waals surface area contributed by atoms with Gasteiger partial charge in [0.05, 0.1) is 6.54 Å². The lowest BCUT2D eigenvalue weighted by atomic mass is 10.0. The number of hydrogen-bond donors (Lipinski definition) is 0. The van der Waals surface area contributed by atoms with Crippen LogP contribution < -0.4 is 0 Å². The molecule has 0 amide bonds. The van der Waals surface area contributed by atoms with E-state index in [4.69, 9.17) is 0 Å². The lowest BCUT2D eigenvalue weighted by molar-refractivity contribution is 1.20. The van der Waals surface area contributed by atoms with Gasteiger partial charge in [-0.3, -0.25) is 9.98 Å². The minimum Gasteiger partial charge on any atom is -0.293 e. The van der Waals surface area contributed by atoms with Crippen LogP contribution in [0.25, 0.3) is 5.57 Å². The van der Waals surface area contributed by atoms with E-state index in [1.54, 1.807) is 0 Å². The molecule has 0 spiro atoms. The van der Waals surface area contributed by atoms with Gasteiger partial charge in [0.2, 0.25) is 0 Å². The third kappa shape index (κ3) is 1.42. The molecule has 0 saturated carbocycles. The van der Waals surface area contributed by atoms with Crippen LogP contribution in [0.3, 0.4) is 0 Å². The zero-order valence-corrected chi connectivity index (χ0v) is 6.77. The molecule has 0 radical (unpaired) electrons. The lowest BCUT2D eigenvalue weighted by Gasteiger charge is -2.06. The molecule has 0 atom stereocenters. The predicted molar refractivity (Wildman–Crippen MR) is 50.2 cm³/mol. The minimum atomic E-state index is 0.817. The van der Waals surface area contributed by atoms with Gasteiger partial charge >= 0.3 is 0 Å². The average molecular weight is 158 g/mol. The topological polar surface area (TPSA) is 25.2 Å². The Balaban J connectivity index is 2.26. The zero-order valence-electron chi connectivity index (χ0n) is 6.77. The van der Waals surface area contributed by atoms with Crippen LogP contribution in [0.4, 0.5) is 0 Å². The van der Waals surface area contributed by atoms with E-state index in [9.17, 15) is 0 Å². The highest BCUT2D eigenvalue weighted by Gasteiger charge is 2.01. The molecule has 2 heteroatoms. The van der Waals surface area contributed by atoms with Crippen LogP contribution >= 0.6 is 0 Å². The number of dihydropyridines is 1. The molecule has 0 aliphatic carbocycles. The SMILES string of the molecule is C1=NCC=C(c2ccncc2)C1. The smallest absolute Gasteiger partial charge is 0.0572 e. The maximum Gasteiger partial charge on any atom is 0.0572 e. The molecule has 1 aliphatic heterocycles. The molecule has 60 valence electrons. The third-order valence-corrected chi connectivity index (χ3v) is 1.93. The molecule has 0 unspecified atom stereocenters. The minimum absolute atomic E-state index is 0.817. The van der Waals surface area contributed by atoms with E-state index in [1.165, 1.54) is 11.1 Å². The molecule has 1 aromatic rings. The van der Waals surface area contributed by atoms with Crippen molar-refractivity contribution in [3.05, 3.63) is 36.2 Å². The number of hydrogen-bond acceptors (Lipinski definition) is 2. The highest BCUT2D eigenvalue weighted by molar-refractivity contribution is 5.81. The second-order valence-electron chi connectivity index (χ2n) is 2.72. The molecular formula is C10H10N2. The first kappa shape index (κ1) is 7.22. The van der Waals surface area contributed by atoms with Crippen LogP contribution in [0.1, 0.15) is 12.0 Å². The Morgan fingerprint density at radius 2 is 2.00 bits per heavy atom. The van der Waals surface area contributed by atoms with E-state index in [0.29, 0.717) is 0 Å². The second kappa shape index (κ2) is 3.30. The number of rotatable bonds is 1. The van der Waals surface area contributed by atoms with Crippen LogP contribution in [0.15, 0.2) is 35.6 Å². The fraction of sp³-hybridized carbons (Fsp3) is 0.200. The van der Waals surface area contributed by atoms with Gasteiger partial charge in [0.1, 0.15) is 0 Å².